The van der Waals surface area contributed by atoms with Gasteiger partial charge in [0.15, 0.2) is 0 Å². The normalized spacial score (nSPS) is 14.3. The van der Waals surface area contributed by atoms with Gasteiger partial charge in [0.25, 0.3) is 0 Å². The van der Waals surface area contributed by atoms with Gasteiger partial charge in [-0.3, -0.25) is 10.9 Å². The monoisotopic (exact) mass is 159 g/mol. The standard InChI is InChI=1S/C6H17N5/c1-6(4-10(2)8)11(3)9-5-7/h5-6H,4,8H2,1-3H3,(H2,7,9). The lowest BCUT2D eigenvalue weighted by Crippen LogP contribution is -2.39. The van der Waals surface area contributed by atoms with Crippen molar-refractivity contribution >= 4 is 6.34 Å². The second-order valence-electron chi connectivity index (χ2n) is 2.63. The molecular weight excluding hydrogens is 142 g/mol. The van der Waals surface area contributed by atoms with Crippen molar-refractivity contribution in [3.05, 3.63) is 0 Å². The topological polar surface area (TPSA) is 70.9 Å². The van der Waals surface area contributed by atoms with E-state index in [1.54, 1.807) is 10.0 Å². The molecule has 0 saturated carbocycles. The van der Waals surface area contributed by atoms with Crippen molar-refractivity contribution in [2.45, 2.75) is 13.0 Å². The lowest BCUT2D eigenvalue weighted by atomic mass is 10.3. The maximum absolute atomic E-state index is 5.45. The molecule has 1 atom stereocenters. The fourth-order valence-electron chi connectivity index (χ4n) is 0.754. The third kappa shape index (κ3) is 4.58. The van der Waals surface area contributed by atoms with Gasteiger partial charge in [-0.1, -0.05) is 0 Å². The van der Waals surface area contributed by atoms with Gasteiger partial charge in [0.1, 0.15) is 6.34 Å². The molecule has 1 unspecified atom stereocenters. The van der Waals surface area contributed by atoms with E-state index in [0.717, 1.165) is 6.54 Å². The summed E-state index contributed by atoms with van der Waals surface area (Å²) >= 11 is 0. The van der Waals surface area contributed by atoms with Crippen molar-refractivity contribution in [3.63, 3.8) is 0 Å². The van der Waals surface area contributed by atoms with Crippen LogP contribution in [0.25, 0.3) is 0 Å². The molecule has 0 radical (unpaired) electrons. The summed E-state index contributed by atoms with van der Waals surface area (Å²) in [6, 6.07) is 0.268. The van der Waals surface area contributed by atoms with Crippen molar-refractivity contribution in [2.75, 3.05) is 20.6 Å². The minimum absolute atomic E-state index is 0.268. The van der Waals surface area contributed by atoms with Crippen LogP contribution in [0.15, 0.2) is 5.10 Å². The van der Waals surface area contributed by atoms with Crippen molar-refractivity contribution in [1.29, 1.82) is 0 Å². The number of nitrogens with two attached hydrogens (primary N) is 2. The highest BCUT2D eigenvalue weighted by Gasteiger charge is 2.06. The van der Waals surface area contributed by atoms with Crippen LogP contribution >= 0.6 is 0 Å². The number of hydrogen-bond donors (Lipinski definition) is 2. The zero-order valence-corrected chi connectivity index (χ0v) is 7.36. The second-order valence-corrected chi connectivity index (χ2v) is 2.63. The van der Waals surface area contributed by atoms with E-state index in [1.165, 1.54) is 6.34 Å². The highest BCUT2D eigenvalue weighted by atomic mass is 15.5. The lowest BCUT2D eigenvalue weighted by molar-refractivity contribution is 0.201. The molecule has 0 spiro atoms. The Morgan fingerprint density at radius 1 is 1.55 bits per heavy atom. The molecule has 0 bridgehead atoms. The van der Waals surface area contributed by atoms with E-state index in [9.17, 15) is 0 Å². The number of hydrogen-bond acceptors (Lipinski definition) is 4. The van der Waals surface area contributed by atoms with Crippen LogP contribution in [-0.4, -0.2) is 43.0 Å². The van der Waals surface area contributed by atoms with E-state index >= 15 is 0 Å². The second kappa shape index (κ2) is 4.92. The maximum Gasteiger partial charge on any atom is 0.106 e. The number of nitrogens with zero attached hydrogens (tertiary/aromatic N) is 3. The van der Waals surface area contributed by atoms with Crippen molar-refractivity contribution in [2.24, 2.45) is 16.7 Å². The Kier molecular flexibility index (Phi) is 4.56. The van der Waals surface area contributed by atoms with Gasteiger partial charge in [0, 0.05) is 20.6 Å². The molecule has 0 heterocycles. The predicted octanol–water partition coefficient (Wildman–Crippen LogP) is -0.986. The van der Waals surface area contributed by atoms with Gasteiger partial charge >= 0.3 is 0 Å². The molecule has 0 rings (SSSR count). The van der Waals surface area contributed by atoms with E-state index in [2.05, 4.69) is 5.10 Å². The van der Waals surface area contributed by atoms with Gasteiger partial charge in [0.05, 0.1) is 6.04 Å². The molecule has 0 aliphatic heterocycles. The van der Waals surface area contributed by atoms with E-state index in [4.69, 9.17) is 11.6 Å². The largest absolute Gasteiger partial charge is 0.388 e. The molecule has 0 aromatic rings. The summed E-state index contributed by atoms with van der Waals surface area (Å²) in [4.78, 5) is 0. The molecule has 5 nitrogen and oxygen atoms in total. The molecule has 0 amide bonds. The molecule has 0 saturated heterocycles. The van der Waals surface area contributed by atoms with Crippen LogP contribution in [0.3, 0.4) is 0 Å². The van der Waals surface area contributed by atoms with Crippen LogP contribution in [0.5, 0.6) is 0 Å². The summed E-state index contributed by atoms with van der Waals surface area (Å²) in [5.41, 5.74) is 5.12. The Labute approximate surface area is 67.6 Å². The molecule has 0 aliphatic carbocycles. The number of likely N-dealkylation sites (N-methyl/N-ethyl adjacent to an activating group) is 2. The lowest BCUT2D eigenvalue weighted by Gasteiger charge is -2.23. The number of hydrazone groups is 1. The fourth-order valence-corrected chi connectivity index (χ4v) is 0.754. The van der Waals surface area contributed by atoms with Crippen LogP contribution in [0.1, 0.15) is 6.92 Å². The fraction of sp³-hybridized carbons (Fsp3) is 0.833. The predicted molar refractivity (Wildman–Crippen MR) is 46.7 cm³/mol. The molecule has 0 aromatic heterocycles. The quantitative estimate of drug-likeness (QED) is 0.239. The van der Waals surface area contributed by atoms with Crippen LogP contribution in [0.2, 0.25) is 0 Å². The highest BCUT2D eigenvalue weighted by molar-refractivity contribution is 5.50. The van der Waals surface area contributed by atoms with Gasteiger partial charge in [-0.05, 0) is 6.92 Å². The first-order valence-electron chi connectivity index (χ1n) is 3.50. The Balaban J connectivity index is 3.72. The highest BCUT2D eigenvalue weighted by Crippen LogP contribution is 1.94. The summed E-state index contributed by atoms with van der Waals surface area (Å²) in [5, 5.41) is 7.27. The van der Waals surface area contributed by atoms with Gasteiger partial charge in [-0.15, -0.1) is 0 Å². The SMILES string of the molecule is CC(CN(C)N)N(C)/N=C\N. The van der Waals surface area contributed by atoms with E-state index in [1.807, 2.05) is 21.0 Å². The maximum atomic E-state index is 5.45. The van der Waals surface area contributed by atoms with Crippen LogP contribution in [0, 0.1) is 0 Å². The van der Waals surface area contributed by atoms with Gasteiger partial charge in [-0.2, -0.15) is 5.10 Å². The Hall–Kier alpha value is -0.810. The van der Waals surface area contributed by atoms with E-state index in [0.29, 0.717) is 0 Å². The van der Waals surface area contributed by atoms with Crippen LogP contribution in [-0.2, 0) is 0 Å². The average molecular weight is 159 g/mol. The first-order chi connectivity index (χ1) is 5.07. The van der Waals surface area contributed by atoms with Crippen molar-refractivity contribution < 1.29 is 0 Å². The molecule has 0 fully saturated rings. The van der Waals surface area contributed by atoms with Crippen LogP contribution < -0.4 is 11.6 Å². The summed E-state index contributed by atoms with van der Waals surface area (Å²) in [5.74, 6) is 5.45. The third-order valence-corrected chi connectivity index (χ3v) is 1.44. The molecule has 11 heavy (non-hydrogen) atoms. The summed E-state index contributed by atoms with van der Waals surface area (Å²) in [7, 11) is 3.67. The molecule has 5 heteroatoms. The minimum atomic E-state index is 0.268. The molecular formula is C6H17N5. The summed E-state index contributed by atoms with van der Waals surface area (Å²) in [6.45, 7) is 2.78. The van der Waals surface area contributed by atoms with Crippen LogP contribution in [0.4, 0.5) is 0 Å². The van der Waals surface area contributed by atoms with E-state index < -0.39 is 0 Å². The van der Waals surface area contributed by atoms with Gasteiger partial charge in [-0.25, -0.2) is 5.01 Å². The zero-order chi connectivity index (χ0) is 8.85. The Bertz CT molecular complexity index is 122. The van der Waals surface area contributed by atoms with Crippen molar-refractivity contribution in [3.8, 4) is 0 Å². The molecule has 4 N–H and O–H groups in total. The van der Waals surface area contributed by atoms with Gasteiger partial charge < -0.3 is 5.73 Å². The third-order valence-electron chi connectivity index (χ3n) is 1.44. The smallest absolute Gasteiger partial charge is 0.106 e. The molecule has 0 aliphatic rings. The molecule has 0 aromatic carbocycles. The van der Waals surface area contributed by atoms with Crippen molar-refractivity contribution in [1.82, 2.24) is 10.0 Å². The van der Waals surface area contributed by atoms with Gasteiger partial charge in [0.2, 0.25) is 0 Å². The summed E-state index contributed by atoms with van der Waals surface area (Å²) < 4.78 is 0. The first kappa shape index (κ1) is 10.2. The Morgan fingerprint density at radius 2 is 2.09 bits per heavy atom. The van der Waals surface area contributed by atoms with E-state index in [-0.39, 0.29) is 6.04 Å². The first-order valence-corrected chi connectivity index (χ1v) is 3.50. The number of rotatable bonds is 4. The molecule has 66 valence electrons. The Morgan fingerprint density at radius 3 is 2.45 bits per heavy atom. The number of hydrazine groups is 1. The zero-order valence-electron chi connectivity index (χ0n) is 7.36. The summed E-state index contributed by atoms with van der Waals surface area (Å²) in [6.07, 6.45) is 1.27. The minimum Gasteiger partial charge on any atom is -0.388 e. The average Bonchev–Trinajstić information content (AvgIpc) is 1.86.